The van der Waals surface area contributed by atoms with Gasteiger partial charge in [0.05, 0.1) is 12.3 Å². The highest BCUT2D eigenvalue weighted by Crippen LogP contribution is 2.46. The highest BCUT2D eigenvalue weighted by molar-refractivity contribution is 6.75. The third-order valence-electron chi connectivity index (χ3n) is 10.3. The summed E-state index contributed by atoms with van der Waals surface area (Å²) in [4.78, 5) is 18.4. The van der Waals surface area contributed by atoms with Gasteiger partial charge in [0.1, 0.15) is 24.0 Å². The Morgan fingerprint density at radius 1 is 0.857 bits per heavy atom. The van der Waals surface area contributed by atoms with Gasteiger partial charge >= 0.3 is 5.69 Å². The maximum absolute atomic E-state index is 13.9. The molecule has 0 spiro atoms. The quantitative estimate of drug-likeness (QED) is 0.307. The van der Waals surface area contributed by atoms with E-state index in [9.17, 15) is 4.79 Å². The molecule has 0 saturated carbocycles. The van der Waals surface area contributed by atoms with Crippen molar-refractivity contribution in [1.82, 2.24) is 14.0 Å². The van der Waals surface area contributed by atoms with Crippen LogP contribution in [-0.4, -0.2) is 63.8 Å². The van der Waals surface area contributed by atoms with Crippen molar-refractivity contribution in [3.63, 3.8) is 0 Å². The van der Waals surface area contributed by atoms with Gasteiger partial charge in [-0.2, -0.15) is 0 Å². The molecule has 42 heavy (non-hydrogen) atoms. The molecule has 1 aliphatic rings. The second-order valence-corrected chi connectivity index (χ2v) is 30.8. The Kier molecular flexibility index (Phi) is 9.82. The first-order valence-corrected chi connectivity index (χ1v) is 24.0. The molecule has 240 valence electrons. The summed E-state index contributed by atoms with van der Waals surface area (Å²) >= 11 is 0. The first-order valence-electron chi connectivity index (χ1n) is 15.3. The first kappa shape index (κ1) is 35.4. The fraction of sp³-hybridized carbons (Fsp3) is 0.800. The molecule has 9 nitrogen and oxygen atoms in total. The summed E-state index contributed by atoms with van der Waals surface area (Å²) in [7, 11) is -6.70. The van der Waals surface area contributed by atoms with Crippen LogP contribution >= 0.6 is 0 Å². The van der Waals surface area contributed by atoms with Crippen LogP contribution in [0.3, 0.4) is 0 Å². The van der Waals surface area contributed by atoms with Crippen molar-refractivity contribution < 1.29 is 18.0 Å². The van der Waals surface area contributed by atoms with Crippen LogP contribution < -0.4 is 11.4 Å². The van der Waals surface area contributed by atoms with E-state index in [2.05, 4.69) is 107 Å². The molecule has 0 aliphatic carbocycles. The van der Waals surface area contributed by atoms with Gasteiger partial charge in [-0.25, -0.2) is 9.78 Å². The molecular formula is C30H58N4O5Si3. The van der Waals surface area contributed by atoms with Gasteiger partial charge in [0.2, 0.25) is 0 Å². The minimum atomic E-state index is -2.33. The third-order valence-corrected chi connectivity index (χ3v) is 23.7. The average Bonchev–Trinajstić information content (AvgIpc) is 3.38. The van der Waals surface area contributed by atoms with Crippen molar-refractivity contribution in [2.75, 3.05) is 6.61 Å². The molecule has 2 aromatic rings. The summed E-state index contributed by atoms with van der Waals surface area (Å²) in [6.07, 6.45) is 1.47. The number of imidazole rings is 1. The smallest absolute Gasteiger partial charge is 0.336 e. The summed E-state index contributed by atoms with van der Waals surface area (Å²) in [6.45, 7) is 34.2. The number of ether oxygens (including phenoxy) is 1. The predicted octanol–water partition coefficient (Wildman–Crippen LogP) is 6.65. The molecule has 2 aromatic heterocycles. The molecule has 0 aromatic carbocycles. The Bertz CT molecular complexity index is 1300. The van der Waals surface area contributed by atoms with Crippen LogP contribution in [0.4, 0.5) is 0 Å². The van der Waals surface area contributed by atoms with Gasteiger partial charge in [-0.15, -0.1) is 0 Å². The van der Waals surface area contributed by atoms with Crippen molar-refractivity contribution in [2.24, 2.45) is 5.73 Å². The summed E-state index contributed by atoms with van der Waals surface area (Å²) in [5, 5.41) is -0.0331. The van der Waals surface area contributed by atoms with Crippen LogP contribution in [0.15, 0.2) is 23.3 Å². The van der Waals surface area contributed by atoms with Crippen LogP contribution in [-0.2, 0) is 24.6 Å². The topological polar surface area (TPSA) is 102 Å². The second kappa shape index (κ2) is 11.7. The Balaban J connectivity index is 2.18. The Labute approximate surface area is 256 Å². The standard InChI is InChI=1S/C30H58N4O5Si3/c1-28(2,3)40(10,11)36-20-22-24(38-41(12,13)29(4,5)6)25(39-42(14,15)30(7,8)9)26(37-22)33-17-16-23-32-21(18-31)19-34(23)27(33)35/h16-17,19,22,24-26H,18,20,31H2,1-15H3/t22-,24-,25-,26-/m1/s1. The number of nitrogens with zero attached hydrogens (tertiary/aromatic N) is 3. The van der Waals surface area contributed by atoms with E-state index in [1.54, 1.807) is 17.0 Å². The number of hydrogen-bond donors (Lipinski definition) is 1. The molecule has 1 aliphatic heterocycles. The lowest BCUT2D eigenvalue weighted by molar-refractivity contribution is -0.0510. The summed E-state index contributed by atoms with van der Waals surface area (Å²) in [5.41, 5.74) is 6.81. The number of rotatable bonds is 9. The SMILES string of the molecule is CC(C)(C)[Si](C)(C)OC[C@H]1O[C@@H](n2ccc3nc(CN)cn3c2=O)[C@H](O[Si](C)(C)C(C)(C)C)[C@@H]1O[Si](C)(C)C(C)(C)C. The molecule has 0 unspecified atom stereocenters. The molecule has 0 amide bonds. The van der Waals surface area contributed by atoms with E-state index in [4.69, 9.17) is 23.7 Å². The zero-order valence-corrected chi connectivity index (χ0v) is 31.9. The van der Waals surface area contributed by atoms with Crippen LogP contribution in [0.5, 0.6) is 0 Å². The monoisotopic (exact) mass is 638 g/mol. The summed E-state index contributed by atoms with van der Waals surface area (Å²) < 4.78 is 31.2. The van der Waals surface area contributed by atoms with Crippen molar-refractivity contribution in [3.05, 3.63) is 34.6 Å². The minimum absolute atomic E-state index is 0.0252. The molecule has 2 N–H and O–H groups in total. The summed E-state index contributed by atoms with van der Waals surface area (Å²) in [6, 6.07) is 1.83. The zero-order chi connectivity index (χ0) is 32.3. The van der Waals surface area contributed by atoms with Crippen LogP contribution in [0.25, 0.3) is 5.65 Å². The second-order valence-electron chi connectivity index (χ2n) is 16.5. The molecule has 1 fully saturated rings. The normalized spacial score (nSPS) is 23.2. The highest BCUT2D eigenvalue weighted by atomic mass is 28.4. The number of hydrogen-bond acceptors (Lipinski definition) is 7. The maximum atomic E-state index is 13.9. The molecule has 3 heterocycles. The van der Waals surface area contributed by atoms with E-state index in [1.165, 1.54) is 4.40 Å². The Morgan fingerprint density at radius 3 is 1.83 bits per heavy atom. The maximum Gasteiger partial charge on any atom is 0.336 e. The van der Waals surface area contributed by atoms with Gasteiger partial charge in [0.15, 0.2) is 31.2 Å². The molecule has 12 heteroatoms. The van der Waals surface area contributed by atoms with E-state index >= 15 is 0 Å². The van der Waals surface area contributed by atoms with E-state index < -0.39 is 49.5 Å². The third kappa shape index (κ3) is 7.06. The predicted molar refractivity (Wildman–Crippen MR) is 179 cm³/mol. The zero-order valence-electron chi connectivity index (χ0n) is 28.9. The molecular weight excluding hydrogens is 581 g/mol. The van der Waals surface area contributed by atoms with Crippen LogP contribution in [0.1, 0.15) is 74.2 Å². The van der Waals surface area contributed by atoms with Crippen molar-refractivity contribution in [1.29, 1.82) is 0 Å². The number of fused-ring (bicyclic) bond motifs is 1. The average molecular weight is 639 g/mol. The lowest BCUT2D eigenvalue weighted by Gasteiger charge is -2.44. The minimum Gasteiger partial charge on any atom is -0.414 e. The van der Waals surface area contributed by atoms with Crippen molar-refractivity contribution >= 4 is 30.6 Å². The van der Waals surface area contributed by atoms with E-state index in [0.29, 0.717) is 17.9 Å². The van der Waals surface area contributed by atoms with Gasteiger partial charge in [0.25, 0.3) is 0 Å². The summed E-state index contributed by atoms with van der Waals surface area (Å²) in [5.74, 6) is 0. The fourth-order valence-corrected chi connectivity index (χ4v) is 7.84. The van der Waals surface area contributed by atoms with Gasteiger partial charge in [-0.05, 0) is 60.5 Å². The lowest BCUT2D eigenvalue weighted by atomic mass is 10.1. The number of nitrogens with two attached hydrogens (primary N) is 1. The fourth-order valence-electron chi connectivity index (χ4n) is 4.22. The Hall–Kier alpha value is -1.13. The van der Waals surface area contributed by atoms with E-state index in [0.717, 1.165) is 0 Å². The molecule has 4 atom stereocenters. The van der Waals surface area contributed by atoms with Gasteiger partial charge < -0.3 is 23.7 Å². The number of aromatic nitrogens is 3. The van der Waals surface area contributed by atoms with Crippen molar-refractivity contribution in [2.45, 2.75) is 148 Å². The van der Waals surface area contributed by atoms with E-state index in [-0.39, 0.29) is 27.3 Å². The Morgan fingerprint density at radius 2 is 1.36 bits per heavy atom. The molecule has 3 rings (SSSR count). The van der Waals surface area contributed by atoms with Crippen molar-refractivity contribution in [3.8, 4) is 0 Å². The molecule has 0 radical (unpaired) electrons. The van der Waals surface area contributed by atoms with Crippen LogP contribution in [0.2, 0.25) is 54.4 Å². The van der Waals surface area contributed by atoms with Crippen LogP contribution in [0, 0.1) is 0 Å². The van der Waals surface area contributed by atoms with Gasteiger partial charge in [-0.1, -0.05) is 62.3 Å². The molecule has 0 bridgehead atoms. The van der Waals surface area contributed by atoms with E-state index in [1.807, 2.05) is 6.07 Å². The lowest BCUT2D eigenvalue weighted by Crippen LogP contribution is -2.54. The highest BCUT2D eigenvalue weighted by Gasteiger charge is 2.55. The van der Waals surface area contributed by atoms with Gasteiger partial charge in [-0.3, -0.25) is 8.97 Å². The molecule has 1 saturated heterocycles. The largest absolute Gasteiger partial charge is 0.414 e. The first-order chi connectivity index (χ1) is 18.8. The van der Waals surface area contributed by atoms with Gasteiger partial charge in [0, 0.05) is 18.9 Å².